The molecule has 0 bridgehead atoms. The van der Waals surface area contributed by atoms with Gasteiger partial charge < -0.3 is 15.7 Å². The lowest BCUT2D eigenvalue weighted by Gasteiger charge is -2.12. The summed E-state index contributed by atoms with van der Waals surface area (Å²) in [6, 6.07) is 3.32. The van der Waals surface area contributed by atoms with Crippen molar-refractivity contribution in [3.8, 4) is 11.3 Å². The van der Waals surface area contributed by atoms with Crippen molar-refractivity contribution >= 4 is 23.2 Å². The molecule has 0 aromatic carbocycles. The summed E-state index contributed by atoms with van der Waals surface area (Å²) in [6.07, 6.45) is 4.11. The van der Waals surface area contributed by atoms with Crippen LogP contribution in [0.1, 0.15) is 37.1 Å². The van der Waals surface area contributed by atoms with Gasteiger partial charge in [0.1, 0.15) is 18.1 Å². The number of aliphatic hydroxyl groups excluding tert-OH is 1. The Balaban J connectivity index is 1.57. The molecule has 168 valence electrons. The molecule has 0 radical (unpaired) electrons. The first-order chi connectivity index (χ1) is 15.2. The molecule has 0 aliphatic heterocycles. The maximum atomic E-state index is 13.1. The summed E-state index contributed by atoms with van der Waals surface area (Å²) in [6.45, 7) is 3.77. The average molecular weight is 443 g/mol. The van der Waals surface area contributed by atoms with Crippen LogP contribution in [0.5, 0.6) is 0 Å². The van der Waals surface area contributed by atoms with Crippen molar-refractivity contribution in [1.29, 1.82) is 0 Å². The first-order valence-electron chi connectivity index (χ1n) is 10.1. The van der Waals surface area contributed by atoms with Gasteiger partial charge in [0.2, 0.25) is 5.91 Å². The fourth-order valence-electron chi connectivity index (χ4n) is 3.28. The summed E-state index contributed by atoms with van der Waals surface area (Å²) in [5, 5.41) is 20.1. The number of amides is 1. The Morgan fingerprint density at radius 3 is 2.75 bits per heavy atom. The van der Waals surface area contributed by atoms with E-state index in [4.69, 9.17) is 0 Å². The fraction of sp³-hybridized carbons (Fsp3) is 0.381. The van der Waals surface area contributed by atoms with Gasteiger partial charge in [-0.05, 0) is 25.0 Å². The summed E-state index contributed by atoms with van der Waals surface area (Å²) in [5.41, 5.74) is 3.25. The summed E-state index contributed by atoms with van der Waals surface area (Å²) < 4.78 is 27.9. The SMILES string of the molecule is CC[C@@H](O)c1cc(C)c(Nc2nn(C)cc2-c2cc(NC(=O)[C@H]3CC3(F)F)ncn2)cn1. The van der Waals surface area contributed by atoms with Gasteiger partial charge in [-0.1, -0.05) is 6.92 Å². The maximum Gasteiger partial charge on any atom is 0.260 e. The molecule has 0 spiro atoms. The lowest BCUT2D eigenvalue weighted by molar-refractivity contribution is -0.119. The van der Waals surface area contributed by atoms with Crippen LogP contribution in [-0.4, -0.2) is 41.7 Å². The highest BCUT2D eigenvalue weighted by molar-refractivity contribution is 5.95. The van der Waals surface area contributed by atoms with E-state index in [-0.39, 0.29) is 5.82 Å². The molecule has 3 heterocycles. The smallest absolute Gasteiger partial charge is 0.260 e. The minimum absolute atomic E-state index is 0.133. The van der Waals surface area contributed by atoms with Crippen molar-refractivity contribution in [3.63, 3.8) is 0 Å². The molecule has 11 heteroatoms. The van der Waals surface area contributed by atoms with Gasteiger partial charge in [0.25, 0.3) is 5.92 Å². The van der Waals surface area contributed by atoms with Crippen LogP contribution in [0, 0.1) is 12.8 Å². The molecule has 3 aromatic rings. The van der Waals surface area contributed by atoms with Crippen LogP contribution >= 0.6 is 0 Å². The van der Waals surface area contributed by atoms with Crippen LogP contribution in [-0.2, 0) is 11.8 Å². The number of carbonyl (C=O) groups excluding carboxylic acids is 1. The van der Waals surface area contributed by atoms with Gasteiger partial charge in [0.15, 0.2) is 5.82 Å². The first kappa shape index (κ1) is 21.8. The van der Waals surface area contributed by atoms with Crippen LogP contribution in [0.25, 0.3) is 11.3 Å². The number of alkyl halides is 2. The number of pyridine rings is 1. The van der Waals surface area contributed by atoms with Crippen LogP contribution in [0.4, 0.5) is 26.1 Å². The molecule has 2 atom stereocenters. The number of hydrogen-bond acceptors (Lipinski definition) is 7. The van der Waals surface area contributed by atoms with E-state index in [2.05, 4.69) is 30.7 Å². The molecule has 1 amide bonds. The summed E-state index contributed by atoms with van der Waals surface area (Å²) in [7, 11) is 1.75. The quantitative estimate of drug-likeness (QED) is 0.512. The van der Waals surface area contributed by atoms with E-state index < -0.39 is 30.3 Å². The topological polar surface area (TPSA) is 118 Å². The van der Waals surface area contributed by atoms with Crippen LogP contribution < -0.4 is 10.6 Å². The normalized spacial score (nSPS) is 17.6. The van der Waals surface area contributed by atoms with Gasteiger partial charge in [0, 0.05) is 25.7 Å². The number of aromatic nitrogens is 5. The third-order valence-corrected chi connectivity index (χ3v) is 5.28. The maximum absolute atomic E-state index is 13.1. The minimum atomic E-state index is -2.95. The van der Waals surface area contributed by atoms with E-state index in [9.17, 15) is 18.7 Å². The first-order valence-corrected chi connectivity index (χ1v) is 10.1. The number of carbonyl (C=O) groups is 1. The summed E-state index contributed by atoms with van der Waals surface area (Å²) in [5.74, 6) is -4.41. The van der Waals surface area contributed by atoms with Crippen molar-refractivity contribution < 1.29 is 18.7 Å². The number of anilines is 3. The van der Waals surface area contributed by atoms with Crippen molar-refractivity contribution in [2.45, 2.75) is 38.7 Å². The largest absolute Gasteiger partial charge is 0.387 e. The third kappa shape index (κ3) is 4.42. The lowest BCUT2D eigenvalue weighted by Crippen LogP contribution is -2.18. The molecule has 32 heavy (non-hydrogen) atoms. The van der Waals surface area contributed by atoms with E-state index in [1.807, 2.05) is 19.9 Å². The predicted molar refractivity (Wildman–Crippen MR) is 113 cm³/mol. The number of nitrogens with one attached hydrogen (secondary N) is 2. The van der Waals surface area contributed by atoms with E-state index in [0.29, 0.717) is 34.9 Å². The fourth-order valence-corrected chi connectivity index (χ4v) is 3.28. The van der Waals surface area contributed by atoms with Crippen molar-refractivity contribution in [2.24, 2.45) is 13.0 Å². The lowest BCUT2D eigenvalue weighted by atomic mass is 10.1. The second-order valence-corrected chi connectivity index (χ2v) is 7.83. The number of rotatable bonds is 7. The Kier molecular flexibility index (Phi) is 5.59. The zero-order chi connectivity index (χ0) is 23.0. The summed E-state index contributed by atoms with van der Waals surface area (Å²) in [4.78, 5) is 24.5. The monoisotopic (exact) mass is 443 g/mol. The Morgan fingerprint density at radius 1 is 1.34 bits per heavy atom. The highest BCUT2D eigenvalue weighted by Crippen LogP contribution is 2.49. The van der Waals surface area contributed by atoms with Gasteiger partial charge in [-0.25, -0.2) is 18.7 Å². The average Bonchev–Trinajstić information content (AvgIpc) is 3.24. The molecule has 4 rings (SSSR count). The second-order valence-electron chi connectivity index (χ2n) is 7.83. The Hall–Kier alpha value is -3.47. The molecule has 1 aliphatic carbocycles. The molecule has 1 saturated carbocycles. The van der Waals surface area contributed by atoms with Gasteiger partial charge >= 0.3 is 0 Å². The molecule has 0 unspecified atom stereocenters. The Labute approximate surface area is 182 Å². The van der Waals surface area contributed by atoms with E-state index >= 15 is 0 Å². The molecule has 0 saturated heterocycles. The predicted octanol–water partition coefficient (Wildman–Crippen LogP) is 3.36. The van der Waals surface area contributed by atoms with Gasteiger partial charge in [-0.2, -0.15) is 5.10 Å². The van der Waals surface area contributed by atoms with Gasteiger partial charge in [0.05, 0.1) is 34.9 Å². The number of halogens is 2. The Morgan fingerprint density at radius 2 is 2.09 bits per heavy atom. The molecular formula is C21H23F2N7O2. The van der Waals surface area contributed by atoms with Crippen LogP contribution in [0.2, 0.25) is 0 Å². The molecule has 9 nitrogen and oxygen atoms in total. The number of aliphatic hydroxyl groups is 1. The Bertz CT molecular complexity index is 1160. The third-order valence-electron chi connectivity index (χ3n) is 5.28. The van der Waals surface area contributed by atoms with Crippen molar-refractivity contribution in [3.05, 3.63) is 42.1 Å². The van der Waals surface area contributed by atoms with E-state index in [1.54, 1.807) is 24.1 Å². The zero-order valence-corrected chi connectivity index (χ0v) is 17.8. The molecule has 3 N–H and O–H groups in total. The van der Waals surface area contributed by atoms with E-state index in [0.717, 1.165) is 5.56 Å². The van der Waals surface area contributed by atoms with Gasteiger partial charge in [-0.3, -0.25) is 14.5 Å². The molecule has 1 fully saturated rings. The number of hydrogen-bond donors (Lipinski definition) is 3. The summed E-state index contributed by atoms with van der Waals surface area (Å²) >= 11 is 0. The van der Waals surface area contributed by atoms with Crippen LogP contribution in [0.3, 0.4) is 0 Å². The number of nitrogens with zero attached hydrogens (tertiary/aromatic N) is 5. The van der Waals surface area contributed by atoms with Crippen molar-refractivity contribution in [2.75, 3.05) is 10.6 Å². The highest BCUT2D eigenvalue weighted by atomic mass is 19.3. The molecule has 1 aliphatic rings. The van der Waals surface area contributed by atoms with Crippen LogP contribution in [0.15, 0.2) is 30.9 Å². The molecule has 3 aromatic heterocycles. The highest BCUT2D eigenvalue weighted by Gasteiger charge is 2.61. The minimum Gasteiger partial charge on any atom is -0.387 e. The van der Waals surface area contributed by atoms with Gasteiger partial charge in [-0.15, -0.1) is 0 Å². The zero-order valence-electron chi connectivity index (χ0n) is 17.8. The molecular weight excluding hydrogens is 420 g/mol. The van der Waals surface area contributed by atoms with E-state index in [1.165, 1.54) is 12.4 Å². The number of aryl methyl sites for hydroxylation is 2. The second kappa shape index (κ2) is 8.23. The van der Waals surface area contributed by atoms with Crippen molar-refractivity contribution in [1.82, 2.24) is 24.7 Å². The standard InChI is InChI=1S/C21H23F2N7O2/c1-4-17(31)15-5-11(2)16(8-24-15)27-19-12(9-30(3)29-19)14-6-18(26-10-25-14)28-20(32)13-7-21(13,22)23/h5-6,8-10,13,17,31H,4,7H2,1-3H3,(H,27,29)(H,25,26,28,32)/t13-,17-/m1/s1.